The predicted octanol–water partition coefficient (Wildman–Crippen LogP) is 4.40. The van der Waals surface area contributed by atoms with Crippen molar-refractivity contribution in [2.75, 3.05) is 12.0 Å². The molecule has 0 radical (unpaired) electrons. The number of imide groups is 2. The van der Waals surface area contributed by atoms with Crippen LogP contribution < -0.4 is 19.7 Å². The number of hydrogen-bond donors (Lipinski definition) is 2. The van der Waals surface area contributed by atoms with Crippen LogP contribution in [0.2, 0.25) is 0 Å². The minimum Gasteiger partial charge on any atom is -0.493 e. The number of rotatable bonds is 7. The lowest BCUT2D eigenvalue weighted by molar-refractivity contribution is -0.122. The predicted molar refractivity (Wildman–Crippen MR) is 134 cm³/mol. The SMILES string of the molecule is COc1cc(/C=C2/C(=O)NC(=O)N(c3ccc(Br)cc3)C2=O)ccc1OCc1ccc(C(=O)O)cc1. The number of carboxylic acid groups (broad SMARTS) is 1. The number of nitrogens with zero attached hydrogens (tertiary/aromatic N) is 1. The molecule has 1 aliphatic heterocycles. The Morgan fingerprint density at radius 1 is 1.00 bits per heavy atom. The second kappa shape index (κ2) is 10.4. The van der Waals surface area contributed by atoms with Crippen molar-refractivity contribution in [3.05, 3.63) is 93.5 Å². The van der Waals surface area contributed by atoms with Gasteiger partial charge < -0.3 is 14.6 Å². The summed E-state index contributed by atoms with van der Waals surface area (Å²) in [6.45, 7) is 0.169. The second-order valence-electron chi connectivity index (χ2n) is 7.64. The Morgan fingerprint density at radius 3 is 2.33 bits per heavy atom. The monoisotopic (exact) mass is 550 g/mol. The van der Waals surface area contributed by atoms with E-state index in [9.17, 15) is 19.2 Å². The summed E-state index contributed by atoms with van der Waals surface area (Å²) in [6.07, 6.45) is 1.37. The maximum Gasteiger partial charge on any atom is 0.335 e. The van der Waals surface area contributed by atoms with Crippen LogP contribution >= 0.6 is 15.9 Å². The highest BCUT2D eigenvalue weighted by atomic mass is 79.9. The van der Waals surface area contributed by atoms with Gasteiger partial charge in [0, 0.05) is 4.47 Å². The maximum absolute atomic E-state index is 13.1. The molecular weight excluding hydrogens is 532 g/mol. The molecule has 0 spiro atoms. The Hall–Kier alpha value is -4.44. The molecule has 0 unspecified atom stereocenters. The zero-order chi connectivity index (χ0) is 25.8. The molecule has 182 valence electrons. The normalized spacial score (nSPS) is 14.6. The number of methoxy groups -OCH3 is 1. The number of anilines is 1. The van der Waals surface area contributed by atoms with E-state index in [1.165, 1.54) is 25.3 Å². The van der Waals surface area contributed by atoms with Gasteiger partial charge in [-0.15, -0.1) is 0 Å². The van der Waals surface area contributed by atoms with Crippen LogP contribution in [0.1, 0.15) is 21.5 Å². The first-order chi connectivity index (χ1) is 17.3. The van der Waals surface area contributed by atoms with Gasteiger partial charge in [-0.05, 0) is 65.7 Å². The lowest BCUT2D eigenvalue weighted by Crippen LogP contribution is -2.54. The van der Waals surface area contributed by atoms with E-state index in [1.807, 2.05) is 0 Å². The first-order valence-electron chi connectivity index (χ1n) is 10.6. The molecule has 2 N–H and O–H groups in total. The molecule has 0 saturated carbocycles. The fourth-order valence-corrected chi connectivity index (χ4v) is 3.71. The van der Waals surface area contributed by atoms with Crippen molar-refractivity contribution in [2.24, 2.45) is 0 Å². The van der Waals surface area contributed by atoms with Crippen molar-refractivity contribution in [3.8, 4) is 11.5 Å². The van der Waals surface area contributed by atoms with Crippen molar-refractivity contribution in [1.29, 1.82) is 0 Å². The Balaban J connectivity index is 1.55. The number of barbiturate groups is 1. The average Bonchev–Trinajstić information content (AvgIpc) is 2.86. The fourth-order valence-electron chi connectivity index (χ4n) is 3.45. The van der Waals surface area contributed by atoms with Crippen LogP contribution in [0.15, 0.2) is 76.8 Å². The van der Waals surface area contributed by atoms with Gasteiger partial charge in [0.05, 0.1) is 18.4 Å². The molecule has 0 aromatic heterocycles. The highest BCUT2D eigenvalue weighted by Crippen LogP contribution is 2.31. The molecule has 10 heteroatoms. The van der Waals surface area contributed by atoms with E-state index in [0.717, 1.165) is 14.9 Å². The van der Waals surface area contributed by atoms with E-state index in [0.29, 0.717) is 22.7 Å². The van der Waals surface area contributed by atoms with Crippen LogP contribution in [0, 0.1) is 0 Å². The topological polar surface area (TPSA) is 122 Å². The highest BCUT2D eigenvalue weighted by molar-refractivity contribution is 9.10. The number of carbonyl (C=O) groups is 4. The molecule has 0 bridgehead atoms. The molecule has 1 saturated heterocycles. The molecule has 4 amide bonds. The Bertz CT molecular complexity index is 1380. The number of carboxylic acids is 1. The minimum absolute atomic E-state index is 0.169. The third-order valence-electron chi connectivity index (χ3n) is 5.28. The van der Waals surface area contributed by atoms with Crippen LogP contribution in [0.5, 0.6) is 11.5 Å². The number of hydrogen-bond acceptors (Lipinski definition) is 6. The van der Waals surface area contributed by atoms with Gasteiger partial charge >= 0.3 is 12.0 Å². The third-order valence-corrected chi connectivity index (χ3v) is 5.81. The maximum atomic E-state index is 13.1. The van der Waals surface area contributed by atoms with Crippen LogP contribution in [0.25, 0.3) is 6.08 Å². The van der Waals surface area contributed by atoms with Gasteiger partial charge in [-0.2, -0.15) is 0 Å². The third kappa shape index (κ3) is 5.28. The smallest absolute Gasteiger partial charge is 0.335 e. The van der Waals surface area contributed by atoms with Gasteiger partial charge in [0.1, 0.15) is 12.2 Å². The summed E-state index contributed by atoms with van der Waals surface area (Å²) < 4.78 is 12.0. The second-order valence-corrected chi connectivity index (χ2v) is 8.55. The van der Waals surface area contributed by atoms with E-state index >= 15 is 0 Å². The van der Waals surface area contributed by atoms with E-state index in [-0.39, 0.29) is 17.7 Å². The summed E-state index contributed by atoms with van der Waals surface area (Å²) in [4.78, 5) is 49.7. The molecule has 9 nitrogen and oxygen atoms in total. The summed E-state index contributed by atoms with van der Waals surface area (Å²) in [6, 6.07) is 16.8. The van der Waals surface area contributed by atoms with Gasteiger partial charge in [-0.3, -0.25) is 14.9 Å². The summed E-state index contributed by atoms with van der Waals surface area (Å²) in [5.41, 5.74) is 1.52. The zero-order valence-electron chi connectivity index (χ0n) is 18.9. The Kier molecular flexibility index (Phi) is 7.16. The Labute approximate surface area is 214 Å². The summed E-state index contributed by atoms with van der Waals surface area (Å²) in [5, 5.41) is 11.2. The molecule has 0 aliphatic carbocycles. The summed E-state index contributed by atoms with van der Waals surface area (Å²) >= 11 is 3.30. The zero-order valence-corrected chi connectivity index (χ0v) is 20.4. The largest absolute Gasteiger partial charge is 0.493 e. The van der Waals surface area contributed by atoms with Gasteiger partial charge in [0.15, 0.2) is 11.5 Å². The van der Waals surface area contributed by atoms with Crippen LogP contribution in [0.4, 0.5) is 10.5 Å². The lowest BCUT2D eigenvalue weighted by atomic mass is 10.1. The molecule has 4 rings (SSSR count). The van der Waals surface area contributed by atoms with E-state index in [1.54, 1.807) is 54.6 Å². The highest BCUT2D eigenvalue weighted by Gasteiger charge is 2.36. The Morgan fingerprint density at radius 2 is 1.69 bits per heavy atom. The molecule has 3 aromatic carbocycles. The van der Waals surface area contributed by atoms with Crippen molar-refractivity contribution in [2.45, 2.75) is 6.61 Å². The molecule has 1 fully saturated rings. The molecule has 3 aromatic rings. The van der Waals surface area contributed by atoms with Crippen LogP contribution in [-0.2, 0) is 16.2 Å². The fraction of sp³-hybridized carbons (Fsp3) is 0.0769. The standard InChI is InChI=1S/C26H19BrN2O7/c1-35-22-13-16(4-11-21(22)36-14-15-2-5-17(6-3-15)25(32)33)12-20-23(30)28-26(34)29(24(20)31)19-9-7-18(27)8-10-19/h2-13H,14H2,1H3,(H,32,33)(H,28,30,34)/b20-12-. The summed E-state index contributed by atoms with van der Waals surface area (Å²) in [7, 11) is 1.45. The number of benzene rings is 3. The lowest BCUT2D eigenvalue weighted by Gasteiger charge is -2.26. The number of amides is 4. The van der Waals surface area contributed by atoms with E-state index < -0.39 is 23.8 Å². The van der Waals surface area contributed by atoms with Crippen molar-refractivity contribution >= 4 is 51.5 Å². The van der Waals surface area contributed by atoms with Gasteiger partial charge in [0.2, 0.25) is 0 Å². The molecule has 0 atom stereocenters. The summed E-state index contributed by atoms with van der Waals surface area (Å²) in [5.74, 6) is -1.80. The number of urea groups is 1. The number of halogens is 1. The number of carbonyl (C=O) groups excluding carboxylic acids is 3. The van der Waals surface area contributed by atoms with Gasteiger partial charge in [0.25, 0.3) is 11.8 Å². The van der Waals surface area contributed by atoms with Gasteiger partial charge in [-0.1, -0.05) is 34.1 Å². The van der Waals surface area contributed by atoms with Crippen molar-refractivity contribution in [3.63, 3.8) is 0 Å². The van der Waals surface area contributed by atoms with Crippen molar-refractivity contribution < 1.29 is 33.8 Å². The first-order valence-corrected chi connectivity index (χ1v) is 11.4. The average molecular weight is 551 g/mol. The van der Waals surface area contributed by atoms with Crippen LogP contribution in [-0.4, -0.2) is 36.0 Å². The number of nitrogens with one attached hydrogen (secondary N) is 1. The van der Waals surface area contributed by atoms with E-state index in [2.05, 4.69) is 21.2 Å². The molecular formula is C26H19BrN2O7. The van der Waals surface area contributed by atoms with Crippen molar-refractivity contribution in [1.82, 2.24) is 5.32 Å². The quantitative estimate of drug-likeness (QED) is 0.330. The number of aromatic carboxylic acids is 1. The molecule has 36 heavy (non-hydrogen) atoms. The van der Waals surface area contributed by atoms with Gasteiger partial charge in [-0.25, -0.2) is 14.5 Å². The molecule has 1 aliphatic rings. The number of ether oxygens (including phenoxy) is 2. The first kappa shape index (κ1) is 24.7. The van der Waals surface area contributed by atoms with Crippen LogP contribution in [0.3, 0.4) is 0 Å². The van der Waals surface area contributed by atoms with E-state index in [4.69, 9.17) is 14.6 Å². The molecule has 1 heterocycles. The minimum atomic E-state index is -1.01.